The van der Waals surface area contributed by atoms with E-state index in [2.05, 4.69) is 17.1 Å². The fraction of sp³-hybridized carbons (Fsp3) is 0.619. The lowest BCUT2D eigenvalue weighted by molar-refractivity contribution is -0.146. The molecule has 0 spiro atoms. The van der Waals surface area contributed by atoms with Crippen LogP contribution >= 0.6 is 0 Å². The number of likely N-dealkylation sites (tertiary alicyclic amines) is 1. The van der Waals surface area contributed by atoms with Gasteiger partial charge in [0, 0.05) is 32.8 Å². The predicted molar refractivity (Wildman–Crippen MR) is 110 cm³/mol. The quantitative estimate of drug-likeness (QED) is 0.302. The monoisotopic (exact) mass is 391 g/mol. The molecule has 28 heavy (non-hydrogen) atoms. The van der Waals surface area contributed by atoms with Crippen LogP contribution in [0.25, 0.3) is 0 Å². The van der Waals surface area contributed by atoms with E-state index < -0.39 is 0 Å². The molecule has 0 radical (unpaired) electrons. The molecule has 2 rings (SSSR count). The number of methoxy groups -OCH3 is 2. The highest BCUT2D eigenvalue weighted by Crippen LogP contribution is 2.18. The smallest absolute Gasteiger partial charge is 0.308 e. The Labute approximate surface area is 168 Å². The van der Waals surface area contributed by atoms with Crippen molar-refractivity contribution >= 4 is 11.9 Å². The van der Waals surface area contributed by atoms with E-state index in [1.165, 1.54) is 7.11 Å². The van der Waals surface area contributed by atoms with Gasteiger partial charge in [0.1, 0.15) is 5.75 Å². The normalized spacial score (nSPS) is 15.4. The van der Waals surface area contributed by atoms with Crippen molar-refractivity contribution < 1.29 is 19.0 Å². The first-order valence-electron chi connectivity index (χ1n) is 9.99. The maximum Gasteiger partial charge on any atom is 0.308 e. The van der Waals surface area contributed by atoms with Crippen molar-refractivity contribution in [2.24, 2.45) is 10.9 Å². The van der Waals surface area contributed by atoms with Crippen molar-refractivity contribution in [2.45, 2.75) is 32.8 Å². The van der Waals surface area contributed by atoms with Gasteiger partial charge in [-0.15, -0.1) is 0 Å². The van der Waals surface area contributed by atoms with Crippen molar-refractivity contribution in [3.63, 3.8) is 0 Å². The summed E-state index contributed by atoms with van der Waals surface area (Å²) in [5.74, 6) is 1.68. The Kier molecular flexibility index (Phi) is 9.62. The van der Waals surface area contributed by atoms with Gasteiger partial charge in [0.05, 0.1) is 26.7 Å². The fourth-order valence-corrected chi connectivity index (χ4v) is 3.18. The zero-order valence-corrected chi connectivity index (χ0v) is 17.3. The van der Waals surface area contributed by atoms with Gasteiger partial charge >= 0.3 is 5.97 Å². The second kappa shape index (κ2) is 12.2. The van der Waals surface area contributed by atoms with Gasteiger partial charge in [-0.1, -0.05) is 12.1 Å². The number of guanidine groups is 1. The lowest BCUT2D eigenvalue weighted by Crippen LogP contribution is -2.46. The first-order valence-corrected chi connectivity index (χ1v) is 9.99. The summed E-state index contributed by atoms with van der Waals surface area (Å²) in [6.07, 6.45) is 2.48. The number of carbonyl (C=O) groups excluding carboxylic acids is 1. The van der Waals surface area contributed by atoms with Crippen LogP contribution in [0, 0.1) is 5.92 Å². The van der Waals surface area contributed by atoms with Crippen LogP contribution in [-0.2, 0) is 20.9 Å². The Morgan fingerprint density at radius 3 is 2.54 bits per heavy atom. The summed E-state index contributed by atoms with van der Waals surface area (Å²) in [6.45, 7) is 6.49. The molecule has 1 aliphatic rings. The summed E-state index contributed by atoms with van der Waals surface area (Å²) in [4.78, 5) is 18.6. The fourth-order valence-electron chi connectivity index (χ4n) is 3.18. The lowest BCUT2D eigenvalue weighted by atomic mass is 9.97. The molecule has 7 nitrogen and oxygen atoms in total. The van der Waals surface area contributed by atoms with E-state index in [0.29, 0.717) is 19.8 Å². The van der Waals surface area contributed by atoms with Gasteiger partial charge < -0.3 is 24.4 Å². The maximum atomic E-state index is 11.7. The maximum absolute atomic E-state index is 11.7. The molecule has 0 saturated carbocycles. The molecule has 0 atom stereocenters. The SMILES string of the molecule is CCNC(=NCCCOCc1ccc(OC)cc1)N1CCC(C(=O)OC)CC1. The highest BCUT2D eigenvalue weighted by atomic mass is 16.5. The molecule has 7 heteroatoms. The summed E-state index contributed by atoms with van der Waals surface area (Å²) >= 11 is 0. The third-order valence-electron chi connectivity index (χ3n) is 4.80. The summed E-state index contributed by atoms with van der Waals surface area (Å²) in [5.41, 5.74) is 1.13. The van der Waals surface area contributed by atoms with Gasteiger partial charge in [-0.3, -0.25) is 9.79 Å². The van der Waals surface area contributed by atoms with Crippen molar-refractivity contribution in [3.05, 3.63) is 29.8 Å². The number of hydrogen-bond donors (Lipinski definition) is 1. The third-order valence-corrected chi connectivity index (χ3v) is 4.80. The number of carbonyl (C=O) groups is 1. The van der Waals surface area contributed by atoms with Crippen LogP contribution in [0.15, 0.2) is 29.3 Å². The number of nitrogens with zero attached hydrogens (tertiary/aromatic N) is 2. The van der Waals surface area contributed by atoms with E-state index in [4.69, 9.17) is 19.2 Å². The first-order chi connectivity index (χ1) is 13.7. The van der Waals surface area contributed by atoms with Gasteiger partial charge in [0.15, 0.2) is 5.96 Å². The van der Waals surface area contributed by atoms with Crippen molar-refractivity contribution in [2.75, 3.05) is 47.0 Å². The Morgan fingerprint density at radius 2 is 1.93 bits per heavy atom. The highest BCUT2D eigenvalue weighted by molar-refractivity contribution is 5.80. The number of piperidine rings is 1. The van der Waals surface area contributed by atoms with Crippen molar-refractivity contribution in [3.8, 4) is 5.75 Å². The number of benzene rings is 1. The Bertz CT molecular complexity index is 611. The molecule has 1 aromatic carbocycles. The second-order valence-electron chi connectivity index (χ2n) is 6.77. The molecule has 0 amide bonds. The molecule has 0 unspecified atom stereocenters. The molecule has 156 valence electrons. The molecule has 1 aliphatic heterocycles. The lowest BCUT2D eigenvalue weighted by Gasteiger charge is -2.33. The third kappa shape index (κ3) is 7.03. The molecule has 0 bridgehead atoms. The minimum atomic E-state index is -0.101. The standard InChI is InChI=1S/C21H33N3O4/c1-4-22-21(24-13-10-18(11-14-24)20(25)27-3)23-12-5-15-28-16-17-6-8-19(26-2)9-7-17/h6-9,18H,4-5,10-16H2,1-3H3,(H,22,23). The number of aliphatic imine (C=N–C) groups is 1. The molecule has 1 saturated heterocycles. The van der Waals surface area contributed by atoms with Crippen LogP contribution in [0.2, 0.25) is 0 Å². The average Bonchev–Trinajstić information content (AvgIpc) is 2.75. The van der Waals surface area contributed by atoms with E-state index in [1.807, 2.05) is 24.3 Å². The largest absolute Gasteiger partial charge is 0.497 e. The van der Waals surface area contributed by atoms with Gasteiger partial charge in [-0.25, -0.2) is 0 Å². The van der Waals surface area contributed by atoms with E-state index in [9.17, 15) is 4.79 Å². The Morgan fingerprint density at radius 1 is 1.21 bits per heavy atom. The minimum Gasteiger partial charge on any atom is -0.497 e. The minimum absolute atomic E-state index is 0.00970. The topological polar surface area (TPSA) is 72.4 Å². The van der Waals surface area contributed by atoms with E-state index >= 15 is 0 Å². The summed E-state index contributed by atoms with van der Waals surface area (Å²) in [7, 11) is 3.12. The van der Waals surface area contributed by atoms with Crippen molar-refractivity contribution in [1.82, 2.24) is 10.2 Å². The van der Waals surface area contributed by atoms with Crippen LogP contribution in [0.5, 0.6) is 5.75 Å². The van der Waals surface area contributed by atoms with Crippen LogP contribution in [-0.4, -0.2) is 63.8 Å². The van der Waals surface area contributed by atoms with Gasteiger partial charge in [0.25, 0.3) is 0 Å². The predicted octanol–water partition coefficient (Wildman–Crippen LogP) is 2.45. The van der Waals surface area contributed by atoms with E-state index in [0.717, 1.165) is 56.2 Å². The molecule has 1 fully saturated rings. The van der Waals surface area contributed by atoms with E-state index in [-0.39, 0.29) is 11.9 Å². The molecular weight excluding hydrogens is 358 g/mol. The summed E-state index contributed by atoms with van der Waals surface area (Å²) in [5, 5.41) is 3.35. The van der Waals surface area contributed by atoms with Gasteiger partial charge in [0.2, 0.25) is 0 Å². The van der Waals surface area contributed by atoms with Crippen LogP contribution in [0.3, 0.4) is 0 Å². The summed E-state index contributed by atoms with van der Waals surface area (Å²) < 4.78 is 15.7. The number of ether oxygens (including phenoxy) is 3. The molecule has 1 heterocycles. The highest BCUT2D eigenvalue weighted by Gasteiger charge is 2.26. The molecule has 1 N–H and O–H groups in total. The number of hydrogen-bond acceptors (Lipinski definition) is 5. The van der Waals surface area contributed by atoms with Crippen LogP contribution in [0.1, 0.15) is 31.7 Å². The molecule has 0 aliphatic carbocycles. The first kappa shape index (κ1) is 22.0. The average molecular weight is 392 g/mol. The molecule has 0 aromatic heterocycles. The summed E-state index contributed by atoms with van der Waals surface area (Å²) in [6, 6.07) is 7.90. The van der Waals surface area contributed by atoms with Crippen LogP contribution in [0.4, 0.5) is 0 Å². The number of esters is 1. The zero-order valence-electron chi connectivity index (χ0n) is 17.3. The number of rotatable bonds is 9. The molecule has 1 aromatic rings. The van der Waals surface area contributed by atoms with Gasteiger partial charge in [-0.05, 0) is 43.9 Å². The molecular formula is C21H33N3O4. The van der Waals surface area contributed by atoms with E-state index in [1.54, 1.807) is 7.11 Å². The van der Waals surface area contributed by atoms with Crippen molar-refractivity contribution in [1.29, 1.82) is 0 Å². The second-order valence-corrected chi connectivity index (χ2v) is 6.77. The Balaban J connectivity index is 1.70. The van der Waals surface area contributed by atoms with Crippen LogP contribution < -0.4 is 10.1 Å². The Hall–Kier alpha value is -2.28. The zero-order chi connectivity index (χ0) is 20.2. The number of nitrogens with one attached hydrogen (secondary N) is 1. The van der Waals surface area contributed by atoms with Gasteiger partial charge in [-0.2, -0.15) is 0 Å².